The van der Waals surface area contributed by atoms with Gasteiger partial charge in [0.2, 0.25) is 5.78 Å². The Morgan fingerprint density at radius 3 is 2.51 bits per heavy atom. The maximum absolute atomic E-state index is 14.7. The number of carbonyl (C=O) groups excluding carboxylic acids is 1. The van der Waals surface area contributed by atoms with Crippen LogP contribution in [0, 0.1) is 28.6 Å². The third-order valence-electron chi connectivity index (χ3n) is 15.3. The van der Waals surface area contributed by atoms with Crippen LogP contribution in [0.15, 0.2) is 86.3 Å². The summed E-state index contributed by atoms with van der Waals surface area (Å²) in [6, 6.07) is 14.7. The predicted octanol–water partition coefficient (Wildman–Crippen LogP) is 11.7. The molecular formula is C48H55ClF3NO6S2. The lowest BCUT2D eigenvalue weighted by atomic mass is 9.45. The minimum absolute atomic E-state index is 0.00257. The molecule has 0 unspecified atom stereocenters. The molecule has 4 bridgehead atoms. The highest BCUT2D eigenvalue weighted by Gasteiger charge is 2.59. The first-order chi connectivity index (χ1) is 28.7. The zero-order chi connectivity index (χ0) is 43.7. The topological polar surface area (TPSA) is 108 Å². The second-order valence-corrected chi connectivity index (χ2v) is 22.6. The standard InChI is InChI=1S/C48H55ClF3NO6S2/c1-29-7-5-20-46(4)38(19-21-47(46,56)28-53(61(57,58)43-8-6-22-60-43)27-31-11-12-32-26-39(31)45(32,2)3)35-15-10-30(23-34(54)14-9-29)24-36(35)44(55)42-18-17-41(59-42)37-25-33(48(50,51)52)13-16-40(37)49/h6-8,10,13,15-18,22,24-25,31-32,34,38-39,54,56H,5,9,11-12,14,19-21,23,26-28H2,1-4H3/t31-,32-,34-,38-,39-,46-,47+/m0/s1. The number of alkyl halides is 3. The summed E-state index contributed by atoms with van der Waals surface area (Å²) in [6.45, 7) is 8.89. The number of aliphatic hydroxyl groups is 2. The van der Waals surface area contributed by atoms with E-state index < -0.39 is 50.6 Å². The Kier molecular flexibility index (Phi) is 11.9. The van der Waals surface area contributed by atoms with Gasteiger partial charge in [0.25, 0.3) is 10.0 Å². The van der Waals surface area contributed by atoms with Crippen molar-refractivity contribution in [3.63, 3.8) is 0 Å². The SMILES string of the molecule is CC1=CCC[C@@]2(C)[C@@H](CC[C@@]2(O)CN(C[C@@H]2CC[C@H]3C[C@@H]2C3(C)C)S(=O)(=O)c2cccs2)c2ccc(cc2C(=O)c2ccc(-c3cc(C(F)(F)F)ccc3Cl)o2)C[C@@H](O)CC1. The second kappa shape index (κ2) is 16.4. The van der Waals surface area contributed by atoms with Crippen LogP contribution in [0.25, 0.3) is 11.3 Å². The maximum Gasteiger partial charge on any atom is 0.416 e. The zero-order valence-corrected chi connectivity index (χ0v) is 37.5. The molecule has 0 amide bonds. The van der Waals surface area contributed by atoms with Gasteiger partial charge in [-0.2, -0.15) is 17.5 Å². The highest BCUT2D eigenvalue weighted by Crippen LogP contribution is 2.62. The van der Waals surface area contributed by atoms with Gasteiger partial charge >= 0.3 is 6.18 Å². The predicted molar refractivity (Wildman–Crippen MR) is 232 cm³/mol. The number of halogens is 4. The molecule has 2 aromatic carbocycles. The average molecular weight is 899 g/mol. The first kappa shape index (κ1) is 44.4. The number of hydrogen-bond donors (Lipinski definition) is 2. The summed E-state index contributed by atoms with van der Waals surface area (Å²) in [7, 11) is -3.98. The Hall–Kier alpha value is -3.26. The Morgan fingerprint density at radius 2 is 1.80 bits per heavy atom. The molecule has 10 rings (SSSR count). The fraction of sp³-hybridized carbons (Fsp3) is 0.521. The molecule has 7 nitrogen and oxygen atoms in total. The smallest absolute Gasteiger partial charge is 0.416 e. The molecule has 0 saturated heterocycles. The Labute approximate surface area is 366 Å². The molecule has 4 aromatic rings. The maximum atomic E-state index is 14.7. The van der Waals surface area contributed by atoms with Gasteiger partial charge in [0, 0.05) is 29.6 Å². The number of benzene rings is 2. The summed E-state index contributed by atoms with van der Waals surface area (Å²) in [4.78, 5) is 14.7. The van der Waals surface area contributed by atoms with Gasteiger partial charge < -0.3 is 14.6 Å². The van der Waals surface area contributed by atoms with Crippen LogP contribution < -0.4 is 0 Å². The van der Waals surface area contributed by atoms with Crippen LogP contribution in [0.3, 0.4) is 0 Å². The van der Waals surface area contributed by atoms with E-state index in [9.17, 15) is 36.6 Å². The number of carbonyl (C=O) groups is 1. The highest BCUT2D eigenvalue weighted by molar-refractivity contribution is 7.91. The molecule has 4 saturated carbocycles. The molecule has 6 aliphatic rings. The van der Waals surface area contributed by atoms with Gasteiger partial charge in [-0.3, -0.25) is 4.79 Å². The summed E-state index contributed by atoms with van der Waals surface area (Å²) < 4.78 is 78.2. The number of aliphatic hydroxyl groups excluding tert-OH is 1. The molecule has 6 aliphatic carbocycles. The molecule has 0 aliphatic heterocycles. The van der Waals surface area contributed by atoms with Crippen LogP contribution in [0.4, 0.5) is 13.2 Å². The van der Waals surface area contributed by atoms with E-state index in [2.05, 4.69) is 19.9 Å². The van der Waals surface area contributed by atoms with Crippen LogP contribution >= 0.6 is 22.9 Å². The number of thiophene rings is 1. The third-order valence-corrected chi connectivity index (χ3v) is 18.8. The number of sulfonamides is 1. The van der Waals surface area contributed by atoms with Crippen molar-refractivity contribution in [2.24, 2.45) is 28.6 Å². The Morgan fingerprint density at radius 1 is 1.02 bits per heavy atom. The molecule has 2 aromatic heterocycles. The lowest BCUT2D eigenvalue weighted by molar-refractivity contribution is -0.137. The summed E-state index contributed by atoms with van der Waals surface area (Å²) in [5, 5.41) is 26.1. The average Bonchev–Trinajstić information content (AvgIpc) is 3.98. The van der Waals surface area contributed by atoms with E-state index >= 15 is 0 Å². The number of ketones is 1. The summed E-state index contributed by atoms with van der Waals surface area (Å²) in [6.07, 6.45) is 3.26. The van der Waals surface area contributed by atoms with Gasteiger partial charge in [0.15, 0.2) is 5.76 Å². The van der Waals surface area contributed by atoms with E-state index in [1.807, 2.05) is 26.0 Å². The molecule has 2 N–H and O–H groups in total. The van der Waals surface area contributed by atoms with E-state index in [0.717, 1.165) is 48.6 Å². The van der Waals surface area contributed by atoms with Crippen molar-refractivity contribution >= 4 is 38.7 Å². The van der Waals surface area contributed by atoms with Crippen LogP contribution in [-0.2, 0) is 22.6 Å². The van der Waals surface area contributed by atoms with Crippen molar-refractivity contribution in [1.82, 2.24) is 4.31 Å². The number of allylic oxidation sites excluding steroid dienone is 2. The second-order valence-electron chi connectivity index (χ2n) is 19.1. The van der Waals surface area contributed by atoms with Crippen molar-refractivity contribution in [2.45, 2.75) is 120 Å². The lowest BCUT2D eigenvalue weighted by Crippen LogP contribution is -2.58. The van der Waals surface area contributed by atoms with E-state index in [0.29, 0.717) is 68.0 Å². The van der Waals surface area contributed by atoms with Gasteiger partial charge in [-0.25, -0.2) is 8.42 Å². The van der Waals surface area contributed by atoms with Crippen molar-refractivity contribution < 1.29 is 41.0 Å². The van der Waals surface area contributed by atoms with E-state index in [4.69, 9.17) is 16.0 Å². The van der Waals surface area contributed by atoms with Gasteiger partial charge in [0.05, 0.1) is 22.3 Å². The largest absolute Gasteiger partial charge is 0.453 e. The number of nitrogens with zero attached hydrogens (tertiary/aromatic N) is 1. The zero-order valence-electron chi connectivity index (χ0n) is 35.1. The summed E-state index contributed by atoms with van der Waals surface area (Å²) >= 11 is 7.54. The molecule has 2 heterocycles. The first-order valence-corrected chi connectivity index (χ1v) is 24.2. The molecule has 13 heteroatoms. The van der Waals surface area contributed by atoms with Crippen molar-refractivity contribution in [3.05, 3.63) is 111 Å². The number of hydrogen-bond acceptors (Lipinski definition) is 7. The fourth-order valence-electron chi connectivity index (χ4n) is 11.3. The summed E-state index contributed by atoms with van der Waals surface area (Å²) in [5.74, 6) is 0.215. The normalized spacial score (nSPS) is 29.2. The highest BCUT2D eigenvalue weighted by atomic mass is 35.5. The molecule has 4 fully saturated rings. The molecule has 0 spiro atoms. The molecule has 61 heavy (non-hydrogen) atoms. The quantitative estimate of drug-likeness (QED) is 0.128. The fourth-order valence-corrected chi connectivity index (χ4v) is 14.2. The van der Waals surface area contributed by atoms with Gasteiger partial charge in [-0.05, 0) is 159 Å². The summed E-state index contributed by atoms with van der Waals surface area (Å²) in [5.41, 5.74) is -0.362. The van der Waals surface area contributed by atoms with Crippen molar-refractivity contribution in [2.75, 3.05) is 13.1 Å². The lowest BCUT2D eigenvalue weighted by Gasteiger charge is -2.60. The van der Waals surface area contributed by atoms with Gasteiger partial charge in [-0.15, -0.1) is 11.3 Å². The van der Waals surface area contributed by atoms with Gasteiger partial charge in [0.1, 0.15) is 9.97 Å². The monoisotopic (exact) mass is 897 g/mol. The molecular weight excluding hydrogens is 843 g/mol. The Bertz CT molecular complexity index is 2420. The van der Waals surface area contributed by atoms with Crippen molar-refractivity contribution in [1.29, 1.82) is 0 Å². The number of furan rings is 1. The van der Waals surface area contributed by atoms with Crippen LogP contribution in [0.5, 0.6) is 0 Å². The minimum atomic E-state index is -4.62. The van der Waals surface area contributed by atoms with E-state index in [1.54, 1.807) is 27.9 Å². The minimum Gasteiger partial charge on any atom is -0.453 e. The third kappa shape index (κ3) is 8.23. The molecule has 7 atom stereocenters. The van der Waals surface area contributed by atoms with Crippen molar-refractivity contribution in [3.8, 4) is 11.3 Å². The molecule has 328 valence electrons. The molecule has 0 radical (unpaired) electrons. The number of rotatable bonds is 9. The van der Waals surface area contributed by atoms with Crippen LogP contribution in [-0.4, -0.2) is 53.5 Å². The first-order valence-electron chi connectivity index (χ1n) is 21.5. The number of fused-ring (bicyclic) bond motifs is 10. The van der Waals surface area contributed by atoms with E-state index in [-0.39, 0.29) is 50.6 Å². The van der Waals surface area contributed by atoms with Gasteiger partial charge in [-0.1, -0.05) is 62.2 Å². The van der Waals surface area contributed by atoms with Crippen LogP contribution in [0.2, 0.25) is 5.02 Å². The Balaban J connectivity index is 1.19. The van der Waals surface area contributed by atoms with E-state index in [1.165, 1.54) is 23.5 Å². The van der Waals surface area contributed by atoms with Crippen LogP contribution in [0.1, 0.15) is 124 Å².